The zero-order valence-corrected chi connectivity index (χ0v) is 14.8. The van der Waals surface area contributed by atoms with E-state index in [1.807, 2.05) is 36.4 Å². The van der Waals surface area contributed by atoms with Crippen molar-refractivity contribution in [3.63, 3.8) is 0 Å². The molecule has 1 N–H and O–H groups in total. The number of hydrogen-bond acceptors (Lipinski definition) is 1. The molecule has 0 radical (unpaired) electrons. The van der Waals surface area contributed by atoms with Crippen LogP contribution < -0.4 is 0 Å². The quantitative estimate of drug-likeness (QED) is 0.636. The number of carbonyl (C=O) groups is 1. The minimum Gasteiger partial charge on any atom is -0.478 e. The van der Waals surface area contributed by atoms with Crippen LogP contribution in [-0.4, -0.2) is 11.1 Å². The fourth-order valence-corrected chi connectivity index (χ4v) is 2.61. The molecule has 3 heteroatoms. The second-order valence-electron chi connectivity index (χ2n) is 5.08. The lowest BCUT2D eigenvalue weighted by atomic mass is 9.93. The van der Waals surface area contributed by atoms with E-state index in [0.717, 1.165) is 39.8 Å². The largest absolute Gasteiger partial charge is 0.478 e. The molecular weight excluding hydrogens is 332 g/mol. The lowest BCUT2D eigenvalue weighted by Crippen LogP contribution is -1.98. The SMILES string of the molecule is C=CC(=O)O.C=Cc1cc(C=C)c(C=C)c(Cc2ccccc2)c1Cl. The first-order valence-corrected chi connectivity index (χ1v) is 7.98. The fourth-order valence-electron chi connectivity index (χ4n) is 2.31. The van der Waals surface area contributed by atoms with E-state index in [2.05, 4.69) is 38.4 Å². The number of carboxylic acids is 1. The smallest absolute Gasteiger partial charge is 0.327 e. The normalized spacial score (nSPS) is 9.32. The van der Waals surface area contributed by atoms with Crippen molar-refractivity contribution in [3.05, 3.63) is 102 Å². The molecule has 0 saturated carbocycles. The van der Waals surface area contributed by atoms with Gasteiger partial charge in [-0.3, -0.25) is 0 Å². The molecule has 0 amide bonds. The zero-order valence-electron chi connectivity index (χ0n) is 14.0. The van der Waals surface area contributed by atoms with E-state index in [-0.39, 0.29) is 0 Å². The summed E-state index contributed by atoms with van der Waals surface area (Å²) in [7, 11) is 0. The van der Waals surface area contributed by atoms with Crippen molar-refractivity contribution < 1.29 is 9.90 Å². The van der Waals surface area contributed by atoms with Crippen LogP contribution >= 0.6 is 11.6 Å². The Morgan fingerprint density at radius 1 is 1.00 bits per heavy atom. The van der Waals surface area contributed by atoms with Gasteiger partial charge >= 0.3 is 5.97 Å². The Balaban J connectivity index is 0.000000550. The van der Waals surface area contributed by atoms with Crippen molar-refractivity contribution in [2.24, 2.45) is 0 Å². The van der Waals surface area contributed by atoms with Gasteiger partial charge in [-0.25, -0.2) is 4.79 Å². The van der Waals surface area contributed by atoms with Gasteiger partial charge in [-0.1, -0.05) is 86.5 Å². The molecule has 2 aromatic carbocycles. The lowest BCUT2D eigenvalue weighted by molar-refractivity contribution is -0.131. The van der Waals surface area contributed by atoms with Gasteiger partial charge in [0.1, 0.15) is 0 Å². The molecular formula is C22H21ClO2. The van der Waals surface area contributed by atoms with Crippen molar-refractivity contribution in [2.45, 2.75) is 6.42 Å². The van der Waals surface area contributed by atoms with Crippen molar-refractivity contribution >= 4 is 35.8 Å². The molecule has 2 nitrogen and oxygen atoms in total. The lowest BCUT2D eigenvalue weighted by Gasteiger charge is -2.15. The molecule has 0 aromatic heterocycles. The number of hydrogen-bond donors (Lipinski definition) is 1. The summed E-state index contributed by atoms with van der Waals surface area (Å²) >= 11 is 6.52. The first-order valence-electron chi connectivity index (χ1n) is 7.60. The van der Waals surface area contributed by atoms with Gasteiger partial charge in [0.25, 0.3) is 0 Å². The highest BCUT2D eigenvalue weighted by Gasteiger charge is 2.13. The Hall–Kier alpha value is -2.84. The Kier molecular flexibility index (Phi) is 8.17. The number of aliphatic carboxylic acids is 1. The Morgan fingerprint density at radius 3 is 2.00 bits per heavy atom. The molecule has 2 aromatic rings. The van der Waals surface area contributed by atoms with Crippen LogP contribution in [0.3, 0.4) is 0 Å². The third-order valence-electron chi connectivity index (χ3n) is 3.51. The summed E-state index contributed by atoms with van der Waals surface area (Å²) in [5, 5.41) is 8.34. The van der Waals surface area contributed by atoms with Gasteiger partial charge in [-0.05, 0) is 40.3 Å². The molecule has 0 bridgehead atoms. The molecule has 25 heavy (non-hydrogen) atoms. The Bertz CT molecular complexity index is 789. The van der Waals surface area contributed by atoms with Crippen LogP contribution in [-0.2, 0) is 11.2 Å². The standard InChI is InChI=1S/C19H17Cl.C3H4O2/c1-4-15-13-16(5-2)19(20)18(17(15)6-3)12-14-10-8-7-9-11-14;1-2-3(4)5/h4-11,13H,1-3,12H2;2H,1H2,(H,4,5). The van der Waals surface area contributed by atoms with Gasteiger partial charge in [-0.15, -0.1) is 0 Å². The zero-order chi connectivity index (χ0) is 18.8. The maximum absolute atomic E-state index is 9.25. The van der Waals surface area contributed by atoms with E-state index in [1.165, 1.54) is 5.56 Å². The van der Waals surface area contributed by atoms with Gasteiger partial charge in [0.2, 0.25) is 0 Å². The third kappa shape index (κ3) is 5.63. The summed E-state index contributed by atoms with van der Waals surface area (Å²) in [5.41, 5.74) is 5.29. The van der Waals surface area contributed by atoms with Crippen LogP contribution in [0.4, 0.5) is 0 Å². The molecule has 0 aliphatic heterocycles. The van der Waals surface area contributed by atoms with Crippen LogP contribution in [0.5, 0.6) is 0 Å². The average molecular weight is 353 g/mol. The maximum atomic E-state index is 9.25. The summed E-state index contributed by atoms with van der Waals surface area (Å²) < 4.78 is 0. The van der Waals surface area contributed by atoms with E-state index < -0.39 is 5.97 Å². The number of carboxylic acid groups (broad SMARTS) is 1. The summed E-state index contributed by atoms with van der Waals surface area (Å²) in [4.78, 5) is 9.25. The van der Waals surface area contributed by atoms with E-state index in [4.69, 9.17) is 16.7 Å². The molecule has 2 rings (SSSR count). The average Bonchev–Trinajstić information content (AvgIpc) is 2.64. The molecule has 0 atom stereocenters. The minimum absolute atomic E-state index is 0.740. The predicted octanol–water partition coefficient (Wildman–Crippen LogP) is 6.12. The van der Waals surface area contributed by atoms with Crippen molar-refractivity contribution in [1.29, 1.82) is 0 Å². The van der Waals surface area contributed by atoms with Gasteiger partial charge in [0.15, 0.2) is 0 Å². The highest BCUT2D eigenvalue weighted by Crippen LogP contribution is 2.32. The molecule has 128 valence electrons. The second-order valence-corrected chi connectivity index (χ2v) is 5.46. The first kappa shape index (κ1) is 20.2. The van der Waals surface area contributed by atoms with E-state index in [0.29, 0.717) is 0 Å². The highest BCUT2D eigenvalue weighted by atomic mass is 35.5. The van der Waals surface area contributed by atoms with Gasteiger partial charge in [0.05, 0.1) is 5.02 Å². The van der Waals surface area contributed by atoms with E-state index in [1.54, 1.807) is 6.08 Å². The van der Waals surface area contributed by atoms with Crippen molar-refractivity contribution in [1.82, 2.24) is 0 Å². The van der Waals surface area contributed by atoms with Crippen molar-refractivity contribution in [3.8, 4) is 0 Å². The summed E-state index contributed by atoms with van der Waals surface area (Å²) in [6.45, 7) is 14.6. The first-order chi connectivity index (χ1) is 12.0. The summed E-state index contributed by atoms with van der Waals surface area (Å²) in [6, 6.07) is 12.3. The van der Waals surface area contributed by atoms with Crippen LogP contribution in [0.25, 0.3) is 18.2 Å². The van der Waals surface area contributed by atoms with Crippen LogP contribution in [0.2, 0.25) is 5.02 Å². The molecule has 0 saturated heterocycles. The third-order valence-corrected chi connectivity index (χ3v) is 3.95. The molecule has 0 spiro atoms. The molecule has 0 heterocycles. The van der Waals surface area contributed by atoms with Gasteiger partial charge in [0, 0.05) is 6.08 Å². The monoisotopic (exact) mass is 352 g/mol. The van der Waals surface area contributed by atoms with Crippen LogP contribution in [0.1, 0.15) is 27.8 Å². The molecule has 0 aliphatic rings. The predicted molar refractivity (Wildman–Crippen MR) is 109 cm³/mol. The maximum Gasteiger partial charge on any atom is 0.327 e. The minimum atomic E-state index is -0.981. The van der Waals surface area contributed by atoms with E-state index in [9.17, 15) is 4.79 Å². The Morgan fingerprint density at radius 2 is 1.56 bits per heavy atom. The second kappa shape index (κ2) is 10.1. The fraction of sp³-hybridized carbons (Fsp3) is 0.0455. The number of halogens is 1. The molecule has 0 unspecified atom stereocenters. The van der Waals surface area contributed by atoms with Crippen molar-refractivity contribution in [2.75, 3.05) is 0 Å². The molecule has 0 aliphatic carbocycles. The van der Waals surface area contributed by atoms with Gasteiger partial charge < -0.3 is 5.11 Å². The Labute approximate surface area is 154 Å². The topological polar surface area (TPSA) is 37.3 Å². The molecule has 0 fully saturated rings. The summed E-state index contributed by atoms with van der Waals surface area (Å²) in [5.74, 6) is -0.981. The van der Waals surface area contributed by atoms with E-state index >= 15 is 0 Å². The van der Waals surface area contributed by atoms with Crippen LogP contribution in [0.15, 0.2) is 68.8 Å². The van der Waals surface area contributed by atoms with Gasteiger partial charge in [-0.2, -0.15) is 0 Å². The van der Waals surface area contributed by atoms with Crippen LogP contribution in [0, 0.1) is 0 Å². The number of benzene rings is 2. The highest BCUT2D eigenvalue weighted by molar-refractivity contribution is 6.33. The summed E-state index contributed by atoms with van der Waals surface area (Å²) in [6.07, 6.45) is 7.04. The number of rotatable bonds is 6.